The molecule has 0 aliphatic heterocycles. The molecule has 1 radical (unpaired) electrons. The molecule has 1 nitrogen and oxygen atoms in total. The summed E-state index contributed by atoms with van der Waals surface area (Å²) in [6.45, 7) is 15.2. The molecule has 16 heavy (non-hydrogen) atoms. The second kappa shape index (κ2) is 5.22. The standard InChI is InChI=1S/C14H29OSi/c1-7-15-13(12-10-8-9-11-12)16(5,6)14(2,3)4/h10,12-13H,7-9,11H2,1-6H3. The molecule has 0 saturated heterocycles. The van der Waals surface area contributed by atoms with Crippen molar-refractivity contribution in [3.63, 3.8) is 0 Å². The van der Waals surface area contributed by atoms with Gasteiger partial charge < -0.3 is 4.74 Å². The zero-order chi connectivity index (χ0) is 12.4. The van der Waals surface area contributed by atoms with Crippen molar-refractivity contribution in [2.45, 2.75) is 70.8 Å². The van der Waals surface area contributed by atoms with Gasteiger partial charge in [0.1, 0.15) is 0 Å². The van der Waals surface area contributed by atoms with Gasteiger partial charge in [0, 0.05) is 6.61 Å². The van der Waals surface area contributed by atoms with Crippen molar-refractivity contribution in [1.82, 2.24) is 0 Å². The lowest BCUT2D eigenvalue weighted by molar-refractivity contribution is 0.0775. The van der Waals surface area contributed by atoms with E-state index in [0.717, 1.165) is 12.5 Å². The molecule has 2 heteroatoms. The van der Waals surface area contributed by atoms with E-state index in [9.17, 15) is 0 Å². The van der Waals surface area contributed by atoms with Crippen LogP contribution in [-0.2, 0) is 4.74 Å². The molecular weight excluding hydrogens is 212 g/mol. The van der Waals surface area contributed by atoms with Crippen LogP contribution in [0.5, 0.6) is 0 Å². The van der Waals surface area contributed by atoms with E-state index in [4.69, 9.17) is 4.74 Å². The first kappa shape index (κ1) is 14.2. The number of hydrogen-bond donors (Lipinski definition) is 0. The Morgan fingerprint density at radius 3 is 2.38 bits per heavy atom. The summed E-state index contributed by atoms with van der Waals surface area (Å²) < 4.78 is 6.15. The van der Waals surface area contributed by atoms with Crippen molar-refractivity contribution < 1.29 is 4.74 Å². The van der Waals surface area contributed by atoms with Gasteiger partial charge in [0.25, 0.3) is 0 Å². The molecule has 0 amide bonds. The van der Waals surface area contributed by atoms with Gasteiger partial charge in [-0.15, -0.1) is 0 Å². The van der Waals surface area contributed by atoms with Crippen molar-refractivity contribution in [3.8, 4) is 0 Å². The summed E-state index contributed by atoms with van der Waals surface area (Å²) in [7, 11) is -1.37. The van der Waals surface area contributed by atoms with Crippen LogP contribution >= 0.6 is 0 Å². The van der Waals surface area contributed by atoms with Crippen LogP contribution in [0.3, 0.4) is 0 Å². The predicted molar refractivity (Wildman–Crippen MR) is 74.3 cm³/mol. The van der Waals surface area contributed by atoms with E-state index in [1.54, 1.807) is 0 Å². The summed E-state index contributed by atoms with van der Waals surface area (Å²) in [5.41, 5.74) is 0.514. The van der Waals surface area contributed by atoms with Gasteiger partial charge in [-0.3, -0.25) is 0 Å². The molecule has 0 aromatic heterocycles. The topological polar surface area (TPSA) is 9.23 Å². The van der Waals surface area contributed by atoms with E-state index in [-0.39, 0.29) is 0 Å². The van der Waals surface area contributed by atoms with E-state index in [1.807, 2.05) is 0 Å². The second-order valence-electron chi connectivity index (χ2n) is 6.68. The highest BCUT2D eigenvalue weighted by atomic mass is 28.3. The van der Waals surface area contributed by atoms with E-state index < -0.39 is 8.07 Å². The van der Waals surface area contributed by atoms with Crippen LogP contribution in [0.2, 0.25) is 18.1 Å². The summed E-state index contributed by atoms with van der Waals surface area (Å²) in [6.07, 6.45) is 6.52. The van der Waals surface area contributed by atoms with Crippen molar-refractivity contribution in [2.75, 3.05) is 6.61 Å². The molecule has 95 valence electrons. The smallest absolute Gasteiger partial charge is 0.0872 e. The third kappa shape index (κ3) is 2.89. The summed E-state index contributed by atoms with van der Waals surface area (Å²) in [4.78, 5) is 0. The van der Waals surface area contributed by atoms with Gasteiger partial charge in [0.15, 0.2) is 0 Å². The highest BCUT2D eigenvalue weighted by Crippen LogP contribution is 2.44. The van der Waals surface area contributed by atoms with Gasteiger partial charge in [-0.1, -0.05) is 40.3 Å². The predicted octanol–water partition coefficient (Wildman–Crippen LogP) is 4.44. The number of ether oxygens (including phenoxy) is 1. The lowest BCUT2D eigenvalue weighted by Crippen LogP contribution is -2.53. The average molecular weight is 241 g/mol. The molecular formula is C14H29OSi. The van der Waals surface area contributed by atoms with Gasteiger partial charge in [-0.05, 0) is 37.1 Å². The Morgan fingerprint density at radius 2 is 2.00 bits per heavy atom. The van der Waals surface area contributed by atoms with Crippen LogP contribution in [0.15, 0.2) is 0 Å². The lowest BCUT2D eigenvalue weighted by atomic mass is 10.1. The third-order valence-corrected chi connectivity index (χ3v) is 10.5. The summed E-state index contributed by atoms with van der Waals surface area (Å²) in [6, 6.07) is 0. The Morgan fingerprint density at radius 1 is 1.38 bits per heavy atom. The number of rotatable bonds is 4. The average Bonchev–Trinajstić information content (AvgIpc) is 2.64. The van der Waals surface area contributed by atoms with E-state index in [1.165, 1.54) is 19.3 Å². The van der Waals surface area contributed by atoms with E-state index in [0.29, 0.717) is 10.8 Å². The first-order chi connectivity index (χ1) is 7.30. The molecule has 1 rings (SSSR count). The van der Waals surface area contributed by atoms with Crippen LogP contribution in [0.4, 0.5) is 0 Å². The van der Waals surface area contributed by atoms with Gasteiger partial charge in [-0.2, -0.15) is 0 Å². The SMILES string of the molecule is CCOC(C1[CH]CCC1)[Si](C)(C)C(C)(C)C. The maximum Gasteiger partial charge on any atom is 0.0872 e. The van der Waals surface area contributed by atoms with Crippen LogP contribution in [0.25, 0.3) is 0 Å². The van der Waals surface area contributed by atoms with Crippen molar-refractivity contribution >= 4 is 8.07 Å². The fourth-order valence-electron chi connectivity index (χ4n) is 2.55. The Kier molecular flexibility index (Phi) is 4.64. The molecule has 0 N–H and O–H groups in total. The Labute approximate surface area is 103 Å². The first-order valence-corrected chi connectivity index (χ1v) is 9.83. The fraction of sp³-hybridized carbons (Fsp3) is 0.929. The summed E-state index contributed by atoms with van der Waals surface area (Å²) in [5.74, 6) is 0.723. The molecule has 2 unspecified atom stereocenters. The molecule has 0 heterocycles. The van der Waals surface area contributed by atoms with Crippen LogP contribution < -0.4 is 0 Å². The molecule has 1 aliphatic carbocycles. The van der Waals surface area contributed by atoms with Crippen LogP contribution in [-0.4, -0.2) is 20.4 Å². The molecule has 0 spiro atoms. The summed E-state index contributed by atoms with van der Waals surface area (Å²) >= 11 is 0. The Hall–Kier alpha value is 0.177. The van der Waals surface area contributed by atoms with Gasteiger partial charge in [0.05, 0.1) is 13.8 Å². The minimum absolute atomic E-state index is 0.420. The minimum Gasteiger partial charge on any atom is -0.382 e. The maximum atomic E-state index is 6.15. The lowest BCUT2D eigenvalue weighted by Gasteiger charge is -2.45. The largest absolute Gasteiger partial charge is 0.382 e. The third-order valence-electron chi connectivity index (χ3n) is 4.59. The van der Waals surface area contributed by atoms with Crippen molar-refractivity contribution in [3.05, 3.63) is 6.42 Å². The fourth-order valence-corrected chi connectivity index (χ4v) is 5.36. The van der Waals surface area contributed by atoms with E-state index in [2.05, 4.69) is 47.2 Å². The molecule has 1 aliphatic rings. The molecule has 1 saturated carbocycles. The molecule has 2 atom stereocenters. The van der Waals surface area contributed by atoms with Gasteiger partial charge in [0.2, 0.25) is 0 Å². The highest BCUT2D eigenvalue weighted by molar-refractivity contribution is 6.81. The zero-order valence-corrected chi connectivity index (χ0v) is 13.0. The van der Waals surface area contributed by atoms with Crippen LogP contribution in [0.1, 0.15) is 47.0 Å². The Bertz CT molecular complexity index is 211. The zero-order valence-electron chi connectivity index (χ0n) is 12.0. The summed E-state index contributed by atoms with van der Waals surface area (Å²) in [5, 5.41) is 0.420. The molecule has 0 bridgehead atoms. The first-order valence-electron chi connectivity index (χ1n) is 6.75. The quantitative estimate of drug-likeness (QED) is 0.661. The highest BCUT2D eigenvalue weighted by Gasteiger charge is 2.46. The molecule has 1 fully saturated rings. The van der Waals surface area contributed by atoms with Crippen LogP contribution in [0, 0.1) is 12.3 Å². The second-order valence-corrected chi connectivity index (χ2v) is 12.2. The normalized spacial score (nSPS) is 21.4. The van der Waals surface area contributed by atoms with Crippen molar-refractivity contribution in [2.24, 2.45) is 5.92 Å². The molecule has 0 aromatic carbocycles. The van der Waals surface area contributed by atoms with Crippen molar-refractivity contribution in [1.29, 1.82) is 0 Å². The van der Waals surface area contributed by atoms with Gasteiger partial charge >= 0.3 is 0 Å². The molecule has 0 aromatic rings. The van der Waals surface area contributed by atoms with E-state index >= 15 is 0 Å². The maximum absolute atomic E-state index is 6.15. The van der Waals surface area contributed by atoms with Gasteiger partial charge in [-0.25, -0.2) is 0 Å². The minimum atomic E-state index is -1.37. The monoisotopic (exact) mass is 241 g/mol. The Balaban J connectivity index is 2.83. The number of hydrogen-bond acceptors (Lipinski definition) is 1.